The number of carbonyl (C=O) groups excluding carboxylic acids is 1. The van der Waals surface area contributed by atoms with Crippen molar-refractivity contribution in [3.8, 4) is 0 Å². The number of carbonyl (C=O) groups is 1. The molecule has 8 heteroatoms. The van der Waals surface area contributed by atoms with Crippen molar-refractivity contribution < 1.29 is 19.1 Å². The molecule has 2 bridgehead atoms. The van der Waals surface area contributed by atoms with E-state index in [-0.39, 0.29) is 30.5 Å². The Morgan fingerprint density at radius 2 is 2.26 bits per heavy atom. The molecule has 0 unspecified atom stereocenters. The molecule has 3 aliphatic rings. The summed E-state index contributed by atoms with van der Waals surface area (Å²) in [6.45, 7) is 6.34. The van der Waals surface area contributed by atoms with Gasteiger partial charge < -0.3 is 24.1 Å². The molecule has 0 saturated carbocycles. The van der Waals surface area contributed by atoms with Crippen LogP contribution >= 0.6 is 11.3 Å². The average molecular weight is 389 g/mol. The van der Waals surface area contributed by atoms with Crippen molar-refractivity contribution in [1.29, 1.82) is 0 Å². The molecule has 27 heavy (non-hydrogen) atoms. The minimum atomic E-state index is -0.440. The molecule has 144 valence electrons. The fourth-order valence-electron chi connectivity index (χ4n) is 5.12. The number of hydrogen-bond acceptors (Lipinski definition) is 7. The van der Waals surface area contributed by atoms with Crippen molar-refractivity contribution >= 4 is 22.4 Å². The summed E-state index contributed by atoms with van der Waals surface area (Å²) < 4.78 is 12.0. The van der Waals surface area contributed by atoms with Crippen molar-refractivity contribution in [3.05, 3.63) is 34.7 Å². The molecule has 3 aliphatic heterocycles. The van der Waals surface area contributed by atoms with Gasteiger partial charge in [0.1, 0.15) is 17.1 Å². The van der Waals surface area contributed by atoms with Gasteiger partial charge in [-0.25, -0.2) is 4.98 Å². The average Bonchev–Trinajstić information content (AvgIpc) is 3.38. The summed E-state index contributed by atoms with van der Waals surface area (Å²) in [4.78, 5) is 21.7. The Morgan fingerprint density at radius 3 is 2.93 bits per heavy atom. The van der Waals surface area contributed by atoms with E-state index in [1.807, 2.05) is 30.3 Å². The van der Waals surface area contributed by atoms with Crippen LogP contribution in [0.5, 0.6) is 0 Å². The van der Waals surface area contributed by atoms with Gasteiger partial charge in [0.05, 0.1) is 24.8 Å². The lowest BCUT2D eigenvalue weighted by atomic mass is 9.83. The molecule has 2 aromatic rings. The van der Waals surface area contributed by atoms with E-state index in [2.05, 4.69) is 9.88 Å². The summed E-state index contributed by atoms with van der Waals surface area (Å²) in [7, 11) is 0. The highest BCUT2D eigenvalue weighted by Gasteiger charge is 2.63. The molecule has 0 aromatic carbocycles. The second-order valence-corrected chi connectivity index (χ2v) is 8.75. The van der Waals surface area contributed by atoms with E-state index in [0.29, 0.717) is 31.0 Å². The number of rotatable bonds is 3. The first kappa shape index (κ1) is 17.2. The first-order valence-corrected chi connectivity index (χ1v) is 10.2. The van der Waals surface area contributed by atoms with Gasteiger partial charge in [-0.1, -0.05) is 0 Å². The van der Waals surface area contributed by atoms with Crippen molar-refractivity contribution in [3.63, 3.8) is 0 Å². The zero-order valence-corrected chi connectivity index (χ0v) is 16.2. The highest BCUT2D eigenvalue weighted by molar-refractivity contribution is 7.13. The maximum absolute atomic E-state index is 13.1. The minimum absolute atomic E-state index is 0.0173. The van der Waals surface area contributed by atoms with E-state index in [1.165, 1.54) is 0 Å². The number of anilines is 1. The molecule has 2 aromatic heterocycles. The van der Waals surface area contributed by atoms with Crippen LogP contribution in [0.2, 0.25) is 0 Å². The van der Waals surface area contributed by atoms with E-state index >= 15 is 0 Å². The van der Waals surface area contributed by atoms with Gasteiger partial charge in [-0.15, -0.1) is 11.3 Å². The third kappa shape index (κ3) is 2.54. The zero-order chi connectivity index (χ0) is 18.8. The molecule has 1 spiro atoms. The topological polar surface area (TPSA) is 79.0 Å². The molecule has 7 nitrogen and oxygen atoms in total. The summed E-state index contributed by atoms with van der Waals surface area (Å²) in [6.07, 6.45) is 1.79. The van der Waals surface area contributed by atoms with Crippen LogP contribution < -0.4 is 4.90 Å². The van der Waals surface area contributed by atoms with Gasteiger partial charge in [-0.05, 0) is 19.9 Å². The molecule has 3 saturated heterocycles. The Kier molecular flexibility index (Phi) is 3.86. The molecule has 5 rings (SSSR count). The van der Waals surface area contributed by atoms with Crippen LogP contribution in [0.3, 0.4) is 0 Å². The normalized spacial score (nSPS) is 32.2. The molecule has 5 heterocycles. The van der Waals surface area contributed by atoms with Crippen LogP contribution in [0, 0.1) is 25.7 Å². The van der Waals surface area contributed by atoms with E-state index in [0.717, 1.165) is 17.4 Å². The smallest absolute Gasteiger partial charge is 0.257 e. The number of thiazole rings is 1. The lowest BCUT2D eigenvalue weighted by molar-refractivity contribution is -0.0625. The number of ether oxygens (including phenoxy) is 1. The summed E-state index contributed by atoms with van der Waals surface area (Å²) in [5.74, 6) is 1.55. The van der Waals surface area contributed by atoms with E-state index in [4.69, 9.17) is 9.15 Å². The van der Waals surface area contributed by atoms with Crippen LogP contribution in [-0.2, 0) is 4.74 Å². The summed E-state index contributed by atoms with van der Waals surface area (Å²) in [5.41, 5.74) is 0.179. The van der Waals surface area contributed by atoms with Gasteiger partial charge in [-0.2, -0.15) is 0 Å². The molecular weight excluding hydrogens is 366 g/mol. The van der Waals surface area contributed by atoms with E-state index in [9.17, 15) is 9.90 Å². The van der Waals surface area contributed by atoms with E-state index < -0.39 is 5.60 Å². The molecular formula is C19H23N3O4S. The largest absolute Gasteiger partial charge is 0.466 e. The van der Waals surface area contributed by atoms with Crippen LogP contribution in [0.4, 0.5) is 5.13 Å². The Morgan fingerprint density at radius 1 is 1.41 bits per heavy atom. The molecule has 0 aliphatic carbocycles. The van der Waals surface area contributed by atoms with Gasteiger partial charge in [0.15, 0.2) is 5.13 Å². The Bertz CT molecular complexity index is 866. The third-order valence-electron chi connectivity index (χ3n) is 6.25. The van der Waals surface area contributed by atoms with Crippen molar-refractivity contribution in [2.45, 2.75) is 25.6 Å². The van der Waals surface area contributed by atoms with Crippen LogP contribution in [0.1, 0.15) is 21.9 Å². The van der Waals surface area contributed by atoms with Gasteiger partial charge in [0.2, 0.25) is 0 Å². The zero-order valence-electron chi connectivity index (χ0n) is 15.4. The standard InChI is InChI=1S/C19H23N3O4S/c1-11-5-13(12(2)25-11)17(24)21-6-15-14(8-23)16-7-22(18-20-3-4-27-18)10-19(15,9-21)26-16/h3-5,14-16,23H,6-10H2,1-2H3/t14-,15+,16+,19-/m0/s1. The van der Waals surface area contributed by atoms with Gasteiger partial charge in [-0.3, -0.25) is 4.79 Å². The number of fused-ring (bicyclic) bond motifs is 1. The molecule has 0 radical (unpaired) electrons. The van der Waals surface area contributed by atoms with Crippen LogP contribution in [0.15, 0.2) is 22.1 Å². The lowest BCUT2D eigenvalue weighted by Crippen LogP contribution is -2.54. The maximum atomic E-state index is 13.1. The van der Waals surface area contributed by atoms with Crippen LogP contribution in [-0.4, -0.2) is 65.4 Å². The fraction of sp³-hybridized carbons (Fsp3) is 0.579. The maximum Gasteiger partial charge on any atom is 0.257 e. The number of amides is 1. The van der Waals surface area contributed by atoms with Crippen molar-refractivity contribution in [1.82, 2.24) is 9.88 Å². The van der Waals surface area contributed by atoms with Crippen molar-refractivity contribution in [2.24, 2.45) is 11.8 Å². The number of furan rings is 1. The second kappa shape index (κ2) is 6.05. The number of aromatic nitrogens is 1. The fourth-order valence-corrected chi connectivity index (χ4v) is 5.77. The Balaban J connectivity index is 1.44. The second-order valence-electron chi connectivity index (χ2n) is 7.88. The summed E-state index contributed by atoms with van der Waals surface area (Å²) in [5, 5.41) is 13.0. The summed E-state index contributed by atoms with van der Waals surface area (Å²) in [6, 6.07) is 1.80. The van der Waals surface area contributed by atoms with Crippen LogP contribution in [0.25, 0.3) is 0 Å². The van der Waals surface area contributed by atoms with Gasteiger partial charge in [0, 0.05) is 43.1 Å². The van der Waals surface area contributed by atoms with E-state index in [1.54, 1.807) is 17.4 Å². The molecule has 4 atom stereocenters. The van der Waals surface area contributed by atoms with Gasteiger partial charge >= 0.3 is 0 Å². The number of nitrogens with zero attached hydrogens (tertiary/aromatic N) is 3. The number of morpholine rings is 1. The highest BCUT2D eigenvalue weighted by Crippen LogP contribution is 2.50. The predicted octanol–water partition coefficient (Wildman–Crippen LogP) is 1.69. The third-order valence-corrected chi connectivity index (χ3v) is 7.08. The Hall–Kier alpha value is -1.90. The number of likely N-dealkylation sites (tertiary alicyclic amines) is 1. The first-order chi connectivity index (χ1) is 13.0. The molecule has 1 amide bonds. The number of aliphatic hydroxyl groups is 1. The Labute approximate surface area is 161 Å². The van der Waals surface area contributed by atoms with Gasteiger partial charge in [0.25, 0.3) is 5.91 Å². The molecule has 1 N–H and O–H groups in total. The lowest BCUT2D eigenvalue weighted by Gasteiger charge is -2.40. The SMILES string of the molecule is Cc1cc(C(=O)N2C[C@@H]3[C@H](CO)[C@H]4CN(c5nccs5)C[C@]3(C2)O4)c(C)o1. The monoisotopic (exact) mass is 389 g/mol. The number of aliphatic hydroxyl groups excluding tert-OH is 1. The first-order valence-electron chi connectivity index (χ1n) is 9.30. The highest BCUT2D eigenvalue weighted by atomic mass is 32.1. The number of aryl methyl sites for hydroxylation is 2. The quantitative estimate of drug-likeness (QED) is 0.861. The predicted molar refractivity (Wildman–Crippen MR) is 100 cm³/mol. The minimum Gasteiger partial charge on any atom is -0.466 e. The summed E-state index contributed by atoms with van der Waals surface area (Å²) >= 11 is 1.61. The van der Waals surface area contributed by atoms with Crippen molar-refractivity contribution in [2.75, 3.05) is 37.7 Å². The number of hydrogen-bond donors (Lipinski definition) is 1. The molecule has 3 fully saturated rings.